The molecular formula is C18H8F6N4O4S2. The Labute approximate surface area is 190 Å². The first kappa shape index (κ1) is 24.9. The first-order valence-electron chi connectivity index (χ1n) is 8.58. The van der Waals surface area contributed by atoms with Crippen LogP contribution in [0.5, 0.6) is 5.75 Å². The van der Waals surface area contributed by atoms with Crippen LogP contribution in [0.3, 0.4) is 0 Å². The zero-order valence-electron chi connectivity index (χ0n) is 16.1. The monoisotopic (exact) mass is 522 g/mol. The van der Waals surface area contributed by atoms with E-state index in [1.807, 2.05) is 0 Å². The fraction of sp³-hybridized carbons (Fsp3) is 0.111. The summed E-state index contributed by atoms with van der Waals surface area (Å²) in [5.41, 5.74) is -7.23. The molecule has 2 aromatic heterocycles. The van der Waals surface area contributed by atoms with Gasteiger partial charge in [0.25, 0.3) is 5.91 Å². The summed E-state index contributed by atoms with van der Waals surface area (Å²) >= 11 is 0.645. The molecule has 0 spiro atoms. The second-order valence-corrected chi connectivity index (χ2v) is 8.73. The number of halogens is 6. The van der Waals surface area contributed by atoms with Crippen molar-refractivity contribution in [3.63, 3.8) is 0 Å². The molecule has 0 aliphatic rings. The van der Waals surface area contributed by atoms with Gasteiger partial charge in [-0.3, -0.25) is 15.1 Å². The van der Waals surface area contributed by atoms with Crippen molar-refractivity contribution in [3.8, 4) is 23.2 Å². The van der Waals surface area contributed by atoms with E-state index in [4.69, 9.17) is 0 Å². The van der Waals surface area contributed by atoms with Gasteiger partial charge in [-0.05, 0) is 24.3 Å². The minimum Gasteiger partial charge on any atom is -0.376 e. The van der Waals surface area contributed by atoms with Crippen molar-refractivity contribution in [1.29, 1.82) is 5.26 Å². The number of amides is 1. The number of nitriles is 1. The Morgan fingerprint density at radius 2 is 1.74 bits per heavy atom. The van der Waals surface area contributed by atoms with Crippen LogP contribution in [0.1, 0.15) is 20.8 Å². The average Bonchev–Trinajstić information content (AvgIpc) is 3.15. The van der Waals surface area contributed by atoms with Gasteiger partial charge in [0.05, 0.1) is 11.3 Å². The predicted octanol–water partition coefficient (Wildman–Crippen LogP) is 4.58. The number of carbonyl (C=O) groups excluding carboxylic acids is 1. The molecule has 2 heterocycles. The molecule has 1 N–H and O–H groups in total. The van der Waals surface area contributed by atoms with E-state index in [9.17, 15) is 44.8 Å². The minimum absolute atomic E-state index is 0.144. The van der Waals surface area contributed by atoms with Crippen LogP contribution in [0, 0.1) is 11.3 Å². The molecule has 3 rings (SSSR count). The van der Waals surface area contributed by atoms with Crippen molar-refractivity contribution < 1.29 is 43.7 Å². The maximum Gasteiger partial charge on any atom is 0.534 e. The molecule has 0 unspecified atom stereocenters. The molecule has 0 saturated heterocycles. The smallest absolute Gasteiger partial charge is 0.376 e. The molecule has 1 amide bonds. The first-order valence-corrected chi connectivity index (χ1v) is 10.8. The fourth-order valence-corrected chi connectivity index (χ4v) is 3.59. The van der Waals surface area contributed by atoms with E-state index in [-0.39, 0.29) is 27.0 Å². The molecule has 0 aliphatic heterocycles. The van der Waals surface area contributed by atoms with Gasteiger partial charge in [-0.1, -0.05) is 11.3 Å². The van der Waals surface area contributed by atoms with Crippen molar-refractivity contribution in [2.75, 3.05) is 5.32 Å². The van der Waals surface area contributed by atoms with Gasteiger partial charge in [-0.15, -0.1) is 0 Å². The number of hydrogen-bond acceptors (Lipinski definition) is 8. The number of rotatable bonds is 5. The lowest BCUT2D eigenvalue weighted by atomic mass is 10.1. The highest BCUT2D eigenvalue weighted by Crippen LogP contribution is 2.33. The number of anilines is 1. The Hall–Kier alpha value is -3.71. The molecule has 34 heavy (non-hydrogen) atoms. The maximum atomic E-state index is 12.6. The number of pyridine rings is 1. The fourth-order valence-electron chi connectivity index (χ4n) is 2.37. The number of nitrogens with one attached hydrogen (secondary N) is 1. The summed E-state index contributed by atoms with van der Waals surface area (Å²) in [6.45, 7) is 0. The largest absolute Gasteiger partial charge is 0.534 e. The quantitative estimate of drug-likeness (QED) is 0.296. The highest BCUT2D eigenvalue weighted by atomic mass is 32.2. The summed E-state index contributed by atoms with van der Waals surface area (Å²) in [7, 11) is -5.96. The van der Waals surface area contributed by atoms with Gasteiger partial charge in [0, 0.05) is 23.9 Å². The van der Waals surface area contributed by atoms with Crippen LogP contribution >= 0.6 is 11.3 Å². The van der Waals surface area contributed by atoms with Gasteiger partial charge in [-0.25, -0.2) is 4.98 Å². The second kappa shape index (κ2) is 8.91. The van der Waals surface area contributed by atoms with E-state index in [2.05, 4.69) is 19.5 Å². The summed E-state index contributed by atoms with van der Waals surface area (Å²) in [6, 6.07) is 6.64. The highest BCUT2D eigenvalue weighted by molar-refractivity contribution is 7.88. The van der Waals surface area contributed by atoms with Crippen molar-refractivity contribution in [1.82, 2.24) is 9.97 Å². The third-order valence-electron chi connectivity index (χ3n) is 3.89. The average molecular weight is 522 g/mol. The van der Waals surface area contributed by atoms with Crippen molar-refractivity contribution in [2.45, 2.75) is 11.7 Å². The molecule has 178 valence electrons. The number of nitrogens with zero attached hydrogens (tertiary/aromatic N) is 3. The van der Waals surface area contributed by atoms with Gasteiger partial charge in [-0.2, -0.15) is 40.0 Å². The molecule has 0 saturated carbocycles. The standard InChI is InChI=1S/C18H8F6N4O4S2/c19-17(20,21)10-3-1-9(2-4-10)15(29)28-16-27-14(13(8-25)33-16)12-7-11(5-6-26-12)32-34(30,31)18(22,23)24/h1-7H,(H,27,28,29). The van der Waals surface area contributed by atoms with Crippen LogP contribution in [-0.2, 0) is 16.3 Å². The number of alkyl halides is 6. The lowest BCUT2D eigenvalue weighted by Crippen LogP contribution is -2.28. The molecule has 0 aliphatic carbocycles. The van der Waals surface area contributed by atoms with Crippen molar-refractivity contribution in [3.05, 3.63) is 58.6 Å². The number of carbonyl (C=O) groups is 1. The molecule has 0 radical (unpaired) electrons. The molecule has 8 nitrogen and oxygen atoms in total. The number of hydrogen-bond donors (Lipinski definition) is 1. The summed E-state index contributed by atoms with van der Waals surface area (Å²) < 4.78 is 102. The second-order valence-electron chi connectivity index (χ2n) is 6.20. The Bertz CT molecular complexity index is 1380. The molecule has 0 bridgehead atoms. The molecule has 1 aromatic carbocycles. The van der Waals surface area contributed by atoms with Crippen molar-refractivity contribution >= 4 is 32.5 Å². The SMILES string of the molecule is N#Cc1sc(NC(=O)c2ccc(C(F)(F)F)cc2)nc1-c1cc(OS(=O)(=O)C(F)(F)F)ccn1. The van der Waals surface area contributed by atoms with Crippen LogP contribution in [0.25, 0.3) is 11.4 Å². The van der Waals surface area contributed by atoms with E-state index < -0.39 is 39.0 Å². The Morgan fingerprint density at radius 3 is 2.29 bits per heavy atom. The highest BCUT2D eigenvalue weighted by Gasteiger charge is 2.48. The van der Waals surface area contributed by atoms with Crippen molar-refractivity contribution in [2.24, 2.45) is 0 Å². The van der Waals surface area contributed by atoms with E-state index in [1.54, 1.807) is 6.07 Å². The Kier molecular flexibility index (Phi) is 6.53. The Morgan fingerprint density at radius 1 is 1.09 bits per heavy atom. The number of aromatic nitrogens is 2. The van der Waals surface area contributed by atoms with E-state index in [0.717, 1.165) is 30.5 Å². The summed E-state index contributed by atoms with van der Waals surface area (Å²) in [5, 5.41) is 11.4. The third kappa shape index (κ3) is 5.43. The van der Waals surface area contributed by atoms with Crippen LogP contribution in [-0.4, -0.2) is 29.8 Å². The van der Waals surface area contributed by atoms with Gasteiger partial charge in [0.1, 0.15) is 22.4 Å². The number of benzene rings is 1. The third-order valence-corrected chi connectivity index (χ3v) is 5.74. The topological polar surface area (TPSA) is 122 Å². The van der Waals surface area contributed by atoms with Gasteiger partial charge in [0.15, 0.2) is 5.13 Å². The van der Waals surface area contributed by atoms with E-state index in [0.29, 0.717) is 23.5 Å². The van der Waals surface area contributed by atoms with Crippen LogP contribution in [0.15, 0.2) is 42.6 Å². The molecule has 3 aromatic rings. The van der Waals surface area contributed by atoms with Crippen LogP contribution < -0.4 is 9.50 Å². The lowest BCUT2D eigenvalue weighted by molar-refractivity contribution is -0.137. The molecule has 16 heteroatoms. The van der Waals surface area contributed by atoms with E-state index in [1.165, 1.54) is 0 Å². The summed E-state index contributed by atoms with van der Waals surface area (Å²) in [6.07, 6.45) is -3.68. The maximum absolute atomic E-state index is 12.6. The summed E-state index contributed by atoms with van der Waals surface area (Å²) in [4.78, 5) is 19.9. The van der Waals surface area contributed by atoms with E-state index >= 15 is 0 Å². The molecule has 0 fully saturated rings. The zero-order valence-corrected chi connectivity index (χ0v) is 17.7. The minimum atomic E-state index is -5.96. The zero-order chi connectivity index (χ0) is 25.3. The number of thiazole rings is 1. The van der Waals surface area contributed by atoms with Crippen LogP contribution in [0.2, 0.25) is 0 Å². The van der Waals surface area contributed by atoms with Crippen LogP contribution in [0.4, 0.5) is 31.5 Å². The predicted molar refractivity (Wildman–Crippen MR) is 105 cm³/mol. The summed E-state index contributed by atoms with van der Waals surface area (Å²) in [5.74, 6) is -1.60. The first-order chi connectivity index (χ1) is 15.7. The molecule has 0 atom stereocenters. The normalized spacial score (nSPS) is 12.1. The lowest BCUT2D eigenvalue weighted by Gasteiger charge is -2.09. The Balaban J connectivity index is 1.85. The molecular weight excluding hydrogens is 514 g/mol. The van der Waals surface area contributed by atoms with Gasteiger partial charge in [0.2, 0.25) is 0 Å². The van der Waals surface area contributed by atoms with Gasteiger partial charge < -0.3 is 4.18 Å². The van der Waals surface area contributed by atoms with Gasteiger partial charge >= 0.3 is 21.8 Å².